The summed E-state index contributed by atoms with van der Waals surface area (Å²) in [6, 6.07) is 0. The molecule has 0 atom stereocenters. The molecule has 0 aliphatic rings. The minimum Gasteiger partial charge on any atom is -0.306 e. The topological polar surface area (TPSA) is 23.9 Å². The Labute approximate surface area is 56.6 Å². The molecule has 0 saturated heterocycles. The van der Waals surface area contributed by atoms with E-state index in [9.17, 15) is 0 Å². The zero-order valence-corrected chi connectivity index (χ0v) is 6.02. The highest BCUT2D eigenvalue weighted by atomic mass is 14.4. The molecule has 0 aliphatic carbocycles. The third-order valence-corrected chi connectivity index (χ3v) is 0.829. The fourth-order valence-corrected chi connectivity index (χ4v) is 0.415. The van der Waals surface area contributed by atoms with Crippen molar-refractivity contribution in [2.24, 2.45) is 0 Å². The van der Waals surface area contributed by atoms with Crippen LogP contribution in [0, 0.1) is 5.41 Å². The Morgan fingerprint density at radius 2 is 2.11 bits per heavy atom. The maximum atomic E-state index is 7.01. The fourth-order valence-electron chi connectivity index (χ4n) is 0.415. The molecule has 1 nitrogen and oxygen atoms in total. The second kappa shape index (κ2) is 5.29. The minimum atomic E-state index is 0.593. The van der Waals surface area contributed by atoms with Crippen molar-refractivity contribution < 1.29 is 0 Å². The van der Waals surface area contributed by atoms with E-state index in [2.05, 4.69) is 13.0 Å². The van der Waals surface area contributed by atoms with Crippen molar-refractivity contribution in [2.45, 2.75) is 20.3 Å². The van der Waals surface area contributed by atoms with Gasteiger partial charge in [0.2, 0.25) is 0 Å². The van der Waals surface area contributed by atoms with Crippen LogP contribution in [0.5, 0.6) is 0 Å². The average molecular weight is 123 g/mol. The first kappa shape index (κ1) is 8.15. The van der Waals surface area contributed by atoms with Crippen LogP contribution in [0.4, 0.5) is 0 Å². The maximum Gasteiger partial charge on any atom is 0.0282 e. The molecule has 0 heterocycles. The van der Waals surface area contributed by atoms with Gasteiger partial charge in [-0.3, -0.25) is 0 Å². The van der Waals surface area contributed by atoms with Crippen LogP contribution >= 0.6 is 0 Å². The van der Waals surface area contributed by atoms with Gasteiger partial charge in [0, 0.05) is 5.71 Å². The third kappa shape index (κ3) is 7.15. The molecule has 0 aliphatic heterocycles. The Morgan fingerprint density at radius 3 is 2.56 bits per heavy atom. The Balaban J connectivity index is 3.47. The van der Waals surface area contributed by atoms with Crippen molar-refractivity contribution in [2.75, 3.05) is 0 Å². The number of allylic oxidation sites excluding steroid dienone is 4. The quantitative estimate of drug-likeness (QED) is 0.440. The molecule has 0 unspecified atom stereocenters. The molecule has 0 rings (SSSR count). The van der Waals surface area contributed by atoms with Crippen molar-refractivity contribution in [3.8, 4) is 0 Å². The second-order valence-corrected chi connectivity index (χ2v) is 1.88. The van der Waals surface area contributed by atoms with Crippen LogP contribution in [0.15, 0.2) is 24.3 Å². The van der Waals surface area contributed by atoms with Gasteiger partial charge in [-0.2, -0.15) is 0 Å². The van der Waals surface area contributed by atoms with Crippen LogP contribution in [0.2, 0.25) is 0 Å². The Kier molecular flexibility index (Phi) is 4.79. The van der Waals surface area contributed by atoms with Crippen LogP contribution < -0.4 is 0 Å². The summed E-state index contributed by atoms with van der Waals surface area (Å²) in [5, 5.41) is 7.01. The van der Waals surface area contributed by atoms with E-state index >= 15 is 0 Å². The van der Waals surface area contributed by atoms with Crippen molar-refractivity contribution in [3.63, 3.8) is 0 Å². The molecule has 0 saturated carbocycles. The van der Waals surface area contributed by atoms with Gasteiger partial charge in [-0.05, 0) is 19.4 Å². The third-order valence-electron chi connectivity index (χ3n) is 0.829. The lowest BCUT2D eigenvalue weighted by Crippen LogP contribution is -1.75. The molecule has 0 aromatic carbocycles. The van der Waals surface area contributed by atoms with Gasteiger partial charge in [-0.25, -0.2) is 0 Å². The standard InChI is InChI=1S/C8H13N/c1-3-4-5-6-7-8(2)9/h4-7,9H,3H2,1-2H3/b5-4-,7-6-,9-8?. The molecule has 0 fully saturated rings. The second-order valence-electron chi connectivity index (χ2n) is 1.88. The molecular weight excluding hydrogens is 110 g/mol. The molecule has 0 spiro atoms. The number of nitrogens with one attached hydrogen (secondary N) is 1. The van der Waals surface area contributed by atoms with E-state index in [4.69, 9.17) is 5.41 Å². The van der Waals surface area contributed by atoms with Gasteiger partial charge in [-0.15, -0.1) is 0 Å². The highest BCUT2D eigenvalue weighted by Gasteiger charge is 1.70. The minimum absolute atomic E-state index is 0.593. The summed E-state index contributed by atoms with van der Waals surface area (Å²) >= 11 is 0. The van der Waals surface area contributed by atoms with Gasteiger partial charge < -0.3 is 5.41 Å². The Morgan fingerprint density at radius 1 is 1.44 bits per heavy atom. The molecule has 1 N–H and O–H groups in total. The molecule has 50 valence electrons. The van der Waals surface area contributed by atoms with Crippen molar-refractivity contribution >= 4 is 5.71 Å². The van der Waals surface area contributed by atoms with E-state index in [0.29, 0.717) is 5.71 Å². The van der Waals surface area contributed by atoms with Crippen LogP contribution in [-0.2, 0) is 0 Å². The van der Waals surface area contributed by atoms with Gasteiger partial charge in [0.1, 0.15) is 0 Å². The molecule has 0 aromatic heterocycles. The van der Waals surface area contributed by atoms with Crippen LogP contribution in [0.25, 0.3) is 0 Å². The van der Waals surface area contributed by atoms with E-state index in [-0.39, 0.29) is 0 Å². The van der Waals surface area contributed by atoms with Crippen LogP contribution in [0.3, 0.4) is 0 Å². The molecule has 1 heteroatoms. The van der Waals surface area contributed by atoms with Gasteiger partial charge in [-0.1, -0.05) is 25.2 Å². The van der Waals surface area contributed by atoms with Gasteiger partial charge in [0.25, 0.3) is 0 Å². The lowest BCUT2D eigenvalue weighted by Gasteiger charge is -1.78. The van der Waals surface area contributed by atoms with Crippen molar-refractivity contribution in [1.29, 1.82) is 5.41 Å². The molecule has 0 bridgehead atoms. The summed E-state index contributed by atoms with van der Waals surface area (Å²) in [7, 11) is 0. The summed E-state index contributed by atoms with van der Waals surface area (Å²) in [5.41, 5.74) is 0.593. The first-order valence-corrected chi connectivity index (χ1v) is 3.15. The summed E-state index contributed by atoms with van der Waals surface area (Å²) < 4.78 is 0. The maximum absolute atomic E-state index is 7.01. The Hall–Kier alpha value is -0.850. The fraction of sp³-hybridized carbons (Fsp3) is 0.375. The largest absolute Gasteiger partial charge is 0.306 e. The predicted octanol–water partition coefficient (Wildman–Crippen LogP) is 2.55. The van der Waals surface area contributed by atoms with Crippen LogP contribution in [-0.4, -0.2) is 5.71 Å². The summed E-state index contributed by atoms with van der Waals surface area (Å²) in [4.78, 5) is 0. The van der Waals surface area contributed by atoms with Crippen molar-refractivity contribution in [1.82, 2.24) is 0 Å². The van der Waals surface area contributed by atoms with E-state index < -0.39 is 0 Å². The van der Waals surface area contributed by atoms with E-state index in [0.717, 1.165) is 6.42 Å². The van der Waals surface area contributed by atoms with Gasteiger partial charge in [0.15, 0.2) is 0 Å². The highest BCUT2D eigenvalue weighted by Crippen LogP contribution is 1.82. The average Bonchev–Trinajstić information content (AvgIpc) is 1.80. The first-order chi connectivity index (χ1) is 4.27. The zero-order valence-electron chi connectivity index (χ0n) is 6.02. The highest BCUT2D eigenvalue weighted by molar-refractivity contribution is 5.90. The molecule has 0 radical (unpaired) electrons. The van der Waals surface area contributed by atoms with Crippen molar-refractivity contribution in [3.05, 3.63) is 24.3 Å². The Bertz CT molecular complexity index is 132. The SMILES string of the molecule is CC/C=C\C=C/C(C)=N. The molecule has 0 amide bonds. The molecule has 9 heavy (non-hydrogen) atoms. The number of hydrogen-bond acceptors (Lipinski definition) is 1. The number of hydrogen-bond donors (Lipinski definition) is 1. The van der Waals surface area contributed by atoms with Gasteiger partial charge in [0.05, 0.1) is 0 Å². The summed E-state index contributed by atoms with van der Waals surface area (Å²) in [6.45, 7) is 3.85. The van der Waals surface area contributed by atoms with E-state index in [1.165, 1.54) is 0 Å². The lowest BCUT2D eigenvalue weighted by atomic mass is 10.3. The van der Waals surface area contributed by atoms with Gasteiger partial charge >= 0.3 is 0 Å². The summed E-state index contributed by atoms with van der Waals surface area (Å²) in [5.74, 6) is 0. The first-order valence-electron chi connectivity index (χ1n) is 3.15. The monoisotopic (exact) mass is 123 g/mol. The molecular formula is C8H13N. The molecule has 0 aromatic rings. The smallest absolute Gasteiger partial charge is 0.0282 e. The normalized spacial score (nSPS) is 11.3. The van der Waals surface area contributed by atoms with E-state index in [1.807, 2.05) is 12.2 Å². The number of rotatable bonds is 3. The van der Waals surface area contributed by atoms with Crippen LogP contribution in [0.1, 0.15) is 20.3 Å². The van der Waals surface area contributed by atoms with E-state index in [1.54, 1.807) is 13.0 Å². The summed E-state index contributed by atoms with van der Waals surface area (Å²) in [6.07, 6.45) is 8.72. The zero-order chi connectivity index (χ0) is 7.11. The predicted molar refractivity (Wildman–Crippen MR) is 42.0 cm³/mol. The lowest BCUT2D eigenvalue weighted by molar-refractivity contribution is 1.22.